The molecule has 2 aromatic carbocycles. The van der Waals surface area contributed by atoms with E-state index in [1.165, 1.54) is 17.0 Å². The molecule has 37 heavy (non-hydrogen) atoms. The summed E-state index contributed by atoms with van der Waals surface area (Å²) in [6.07, 6.45) is 1.11. The maximum atomic E-state index is 13.5. The van der Waals surface area contributed by atoms with Gasteiger partial charge in [0, 0.05) is 25.1 Å². The van der Waals surface area contributed by atoms with Crippen LogP contribution in [0.4, 0.5) is 0 Å². The third kappa shape index (κ3) is 7.70. The van der Waals surface area contributed by atoms with E-state index in [9.17, 15) is 29.4 Å². The smallest absolute Gasteiger partial charge is 0.326 e. The largest absolute Gasteiger partial charge is 0.508 e. The number of likely N-dealkylation sites (tertiary alicyclic amines) is 1. The van der Waals surface area contributed by atoms with Crippen LogP contribution >= 0.6 is 12.6 Å². The van der Waals surface area contributed by atoms with E-state index in [-0.39, 0.29) is 30.9 Å². The highest BCUT2D eigenvalue weighted by molar-refractivity contribution is 7.80. The first-order valence-electron chi connectivity index (χ1n) is 12.0. The Morgan fingerprint density at radius 1 is 0.946 bits per heavy atom. The summed E-state index contributed by atoms with van der Waals surface area (Å²) in [5, 5.41) is 24.5. The van der Waals surface area contributed by atoms with E-state index in [2.05, 4.69) is 23.3 Å². The molecule has 1 heterocycles. The Hall–Kier alpha value is -3.57. The van der Waals surface area contributed by atoms with Gasteiger partial charge in [0.2, 0.25) is 17.7 Å². The molecule has 6 N–H and O–H groups in total. The Bertz CT molecular complexity index is 1100. The van der Waals surface area contributed by atoms with E-state index in [0.29, 0.717) is 18.4 Å². The van der Waals surface area contributed by atoms with Crippen LogP contribution in [0.2, 0.25) is 0 Å². The minimum atomic E-state index is -1.09. The molecule has 0 saturated carbocycles. The van der Waals surface area contributed by atoms with Gasteiger partial charge in [-0.25, -0.2) is 4.79 Å². The summed E-state index contributed by atoms with van der Waals surface area (Å²) in [4.78, 5) is 52.5. The fraction of sp³-hybridized carbons (Fsp3) is 0.385. The summed E-state index contributed by atoms with van der Waals surface area (Å²) in [6.45, 7) is 0.279. The van der Waals surface area contributed by atoms with Crippen molar-refractivity contribution in [2.45, 2.75) is 49.9 Å². The number of thiol groups is 1. The van der Waals surface area contributed by atoms with Gasteiger partial charge in [-0.3, -0.25) is 14.4 Å². The number of rotatable bonds is 11. The lowest BCUT2D eigenvalue weighted by Gasteiger charge is -2.29. The van der Waals surface area contributed by atoms with Gasteiger partial charge in [-0.15, -0.1) is 0 Å². The molecule has 3 amide bonds. The third-order valence-electron chi connectivity index (χ3n) is 6.26. The van der Waals surface area contributed by atoms with Crippen molar-refractivity contribution in [1.29, 1.82) is 0 Å². The second-order valence-corrected chi connectivity index (χ2v) is 9.36. The summed E-state index contributed by atoms with van der Waals surface area (Å²) >= 11 is 4.04. The fourth-order valence-corrected chi connectivity index (χ4v) is 4.41. The third-order valence-corrected chi connectivity index (χ3v) is 6.65. The number of phenolic OH excluding ortho intramolecular Hbond substituents is 1. The van der Waals surface area contributed by atoms with Gasteiger partial charge in [0.25, 0.3) is 0 Å². The van der Waals surface area contributed by atoms with E-state index in [0.717, 1.165) is 5.56 Å². The molecule has 1 aliphatic rings. The number of benzene rings is 2. The highest BCUT2D eigenvalue weighted by atomic mass is 32.1. The van der Waals surface area contributed by atoms with Crippen LogP contribution < -0.4 is 16.4 Å². The molecular weight excluding hydrogens is 496 g/mol. The zero-order valence-corrected chi connectivity index (χ0v) is 21.1. The van der Waals surface area contributed by atoms with Gasteiger partial charge in [0.15, 0.2) is 0 Å². The van der Waals surface area contributed by atoms with Gasteiger partial charge in [0.1, 0.15) is 23.9 Å². The number of carboxylic acids is 1. The van der Waals surface area contributed by atoms with Crippen LogP contribution in [-0.2, 0) is 32.0 Å². The molecule has 0 aromatic heterocycles. The number of nitrogens with zero attached hydrogens (tertiary/aromatic N) is 1. The number of carboxylic acid groups (broad SMARTS) is 1. The quantitative estimate of drug-likeness (QED) is 0.231. The van der Waals surface area contributed by atoms with E-state index in [1.807, 2.05) is 18.2 Å². The van der Waals surface area contributed by atoms with E-state index < -0.39 is 47.9 Å². The van der Waals surface area contributed by atoms with Crippen molar-refractivity contribution < 1.29 is 29.4 Å². The SMILES string of the molecule is NC(CS)C(=O)NC(Cc1ccc(O)cc1)C(=O)NC(Cc1ccccc1)C(=O)N1CCCC1C(=O)O. The second kappa shape index (κ2) is 13.1. The standard InChI is InChI=1S/C26H32N4O6S/c27-19(15-37)23(32)28-20(13-17-8-10-18(31)11-9-17)24(33)29-21(14-16-5-2-1-3-6-16)25(34)30-12-4-7-22(30)26(35)36/h1-3,5-6,8-11,19-22,31,37H,4,7,12-15,27H2,(H,28,32)(H,29,33)(H,35,36). The lowest BCUT2D eigenvalue weighted by Crippen LogP contribution is -2.58. The first-order chi connectivity index (χ1) is 17.7. The van der Waals surface area contributed by atoms with Gasteiger partial charge in [-0.2, -0.15) is 12.6 Å². The molecule has 11 heteroatoms. The predicted octanol–water partition coefficient (Wildman–Crippen LogP) is 0.480. The average molecular weight is 529 g/mol. The second-order valence-electron chi connectivity index (χ2n) is 9.00. The summed E-state index contributed by atoms with van der Waals surface area (Å²) in [7, 11) is 0. The van der Waals surface area contributed by atoms with Crippen LogP contribution in [0.5, 0.6) is 5.75 Å². The van der Waals surface area contributed by atoms with E-state index in [1.54, 1.807) is 24.3 Å². The first kappa shape index (κ1) is 28.0. The van der Waals surface area contributed by atoms with Crippen molar-refractivity contribution in [3.05, 3.63) is 65.7 Å². The van der Waals surface area contributed by atoms with Gasteiger partial charge in [-0.1, -0.05) is 42.5 Å². The summed E-state index contributed by atoms with van der Waals surface area (Å²) in [5.74, 6) is -2.66. The molecule has 0 spiro atoms. The Morgan fingerprint density at radius 3 is 2.16 bits per heavy atom. The van der Waals surface area contributed by atoms with Gasteiger partial charge in [0.05, 0.1) is 6.04 Å². The Balaban J connectivity index is 1.86. The number of carbonyl (C=O) groups excluding carboxylic acids is 3. The zero-order chi connectivity index (χ0) is 26.9. The lowest BCUT2D eigenvalue weighted by molar-refractivity contribution is -0.149. The number of amides is 3. The molecule has 1 fully saturated rings. The molecule has 10 nitrogen and oxygen atoms in total. The average Bonchev–Trinajstić information content (AvgIpc) is 3.39. The van der Waals surface area contributed by atoms with Crippen LogP contribution in [0.1, 0.15) is 24.0 Å². The molecule has 1 aliphatic heterocycles. The molecular formula is C26H32N4O6S. The normalized spacial score (nSPS) is 17.5. The predicted molar refractivity (Wildman–Crippen MR) is 140 cm³/mol. The monoisotopic (exact) mass is 528 g/mol. The molecule has 3 rings (SSSR count). The van der Waals surface area contributed by atoms with Crippen molar-refractivity contribution in [3.63, 3.8) is 0 Å². The Labute approximate surface area is 220 Å². The number of hydrogen-bond acceptors (Lipinski definition) is 7. The first-order valence-corrected chi connectivity index (χ1v) is 12.6. The molecule has 0 aliphatic carbocycles. The van der Waals surface area contributed by atoms with Crippen molar-refractivity contribution in [1.82, 2.24) is 15.5 Å². The molecule has 0 radical (unpaired) electrons. The minimum absolute atomic E-state index is 0.0537. The molecule has 198 valence electrons. The summed E-state index contributed by atoms with van der Waals surface area (Å²) < 4.78 is 0. The van der Waals surface area contributed by atoms with Crippen molar-refractivity contribution >= 4 is 36.3 Å². The van der Waals surface area contributed by atoms with Crippen molar-refractivity contribution in [3.8, 4) is 5.75 Å². The number of carbonyl (C=O) groups is 4. The molecule has 0 bridgehead atoms. The number of aromatic hydroxyl groups is 1. The molecule has 1 saturated heterocycles. The van der Waals surface area contributed by atoms with Crippen molar-refractivity contribution in [2.75, 3.05) is 12.3 Å². The van der Waals surface area contributed by atoms with Crippen LogP contribution in [0.15, 0.2) is 54.6 Å². The van der Waals surface area contributed by atoms with Gasteiger partial charge in [-0.05, 0) is 36.1 Å². The summed E-state index contributed by atoms with van der Waals surface area (Å²) in [5.41, 5.74) is 7.23. The lowest BCUT2D eigenvalue weighted by atomic mass is 10.0. The molecule has 4 atom stereocenters. The van der Waals surface area contributed by atoms with E-state index >= 15 is 0 Å². The number of hydrogen-bond donors (Lipinski definition) is 6. The highest BCUT2D eigenvalue weighted by Crippen LogP contribution is 2.20. The minimum Gasteiger partial charge on any atom is -0.508 e. The summed E-state index contributed by atoms with van der Waals surface area (Å²) in [6, 6.07) is 11.2. The van der Waals surface area contributed by atoms with Crippen LogP contribution in [-0.4, -0.2) is 75.3 Å². The zero-order valence-electron chi connectivity index (χ0n) is 20.2. The van der Waals surface area contributed by atoms with Crippen LogP contribution in [0.25, 0.3) is 0 Å². The van der Waals surface area contributed by atoms with Gasteiger partial charge >= 0.3 is 5.97 Å². The molecule has 2 aromatic rings. The van der Waals surface area contributed by atoms with E-state index in [4.69, 9.17) is 5.73 Å². The molecule has 4 unspecified atom stereocenters. The Kier molecular flexibility index (Phi) is 9.93. The Morgan fingerprint density at radius 2 is 1.54 bits per heavy atom. The number of phenols is 1. The van der Waals surface area contributed by atoms with Crippen LogP contribution in [0, 0.1) is 0 Å². The number of nitrogens with one attached hydrogen (secondary N) is 2. The number of aliphatic carboxylic acids is 1. The highest BCUT2D eigenvalue weighted by Gasteiger charge is 2.38. The van der Waals surface area contributed by atoms with Crippen molar-refractivity contribution in [2.24, 2.45) is 5.73 Å². The fourth-order valence-electron chi connectivity index (χ4n) is 4.25. The van der Waals surface area contributed by atoms with Gasteiger partial charge < -0.3 is 31.5 Å². The van der Waals surface area contributed by atoms with Crippen LogP contribution in [0.3, 0.4) is 0 Å². The number of nitrogens with two attached hydrogens (primary N) is 1. The maximum absolute atomic E-state index is 13.5. The topological polar surface area (TPSA) is 162 Å². The maximum Gasteiger partial charge on any atom is 0.326 e.